The third-order valence-electron chi connectivity index (χ3n) is 2.60. The van der Waals surface area contributed by atoms with Crippen molar-refractivity contribution >= 4 is 5.78 Å². The van der Waals surface area contributed by atoms with Crippen molar-refractivity contribution in [1.29, 1.82) is 0 Å². The maximum atomic E-state index is 12.6. The van der Waals surface area contributed by atoms with E-state index < -0.39 is 6.43 Å². The maximum Gasteiger partial charge on any atom is 0.264 e. The van der Waals surface area contributed by atoms with Crippen LogP contribution in [0.3, 0.4) is 0 Å². The van der Waals surface area contributed by atoms with Crippen LogP contribution >= 0.6 is 0 Å². The van der Waals surface area contributed by atoms with Crippen LogP contribution in [0.2, 0.25) is 0 Å². The Kier molecular flexibility index (Phi) is 3.56. The van der Waals surface area contributed by atoms with Crippen LogP contribution in [-0.4, -0.2) is 5.78 Å². The zero-order valence-electron chi connectivity index (χ0n) is 9.10. The lowest BCUT2D eigenvalue weighted by Gasteiger charge is -2.13. The van der Waals surface area contributed by atoms with Crippen LogP contribution in [0.5, 0.6) is 0 Å². The molecule has 0 aliphatic carbocycles. The van der Waals surface area contributed by atoms with Crippen molar-refractivity contribution in [3.63, 3.8) is 0 Å². The minimum atomic E-state index is -2.47. The van der Waals surface area contributed by atoms with E-state index in [0.29, 0.717) is 23.1 Å². The Labute approximate surface area is 88.1 Å². The molecule has 0 saturated heterocycles. The van der Waals surface area contributed by atoms with Crippen molar-refractivity contribution in [1.82, 2.24) is 0 Å². The third-order valence-corrected chi connectivity index (χ3v) is 2.60. The van der Waals surface area contributed by atoms with Gasteiger partial charge in [-0.1, -0.05) is 19.1 Å². The van der Waals surface area contributed by atoms with Gasteiger partial charge >= 0.3 is 0 Å². The quantitative estimate of drug-likeness (QED) is 0.698. The van der Waals surface area contributed by atoms with Crippen LogP contribution in [0.25, 0.3) is 0 Å². The van der Waals surface area contributed by atoms with Crippen LogP contribution < -0.4 is 0 Å². The molecule has 0 aliphatic heterocycles. The van der Waals surface area contributed by atoms with Gasteiger partial charge in [0, 0.05) is 11.1 Å². The molecule has 0 saturated carbocycles. The number of hydrogen-bond acceptors (Lipinski definition) is 1. The van der Waals surface area contributed by atoms with Gasteiger partial charge in [0.1, 0.15) is 0 Å². The highest BCUT2D eigenvalue weighted by Gasteiger charge is 2.16. The van der Waals surface area contributed by atoms with Gasteiger partial charge in [-0.05, 0) is 31.4 Å². The second kappa shape index (κ2) is 4.51. The SMILES string of the molecule is CCc1c(C(F)F)ccc(C(C)=O)c1C. The molecule has 0 fully saturated rings. The summed E-state index contributed by atoms with van der Waals surface area (Å²) in [5, 5.41) is 0. The summed E-state index contributed by atoms with van der Waals surface area (Å²) >= 11 is 0. The predicted molar refractivity (Wildman–Crippen MR) is 55.5 cm³/mol. The number of alkyl halides is 2. The fourth-order valence-electron chi connectivity index (χ4n) is 1.83. The van der Waals surface area contributed by atoms with Gasteiger partial charge in [0.05, 0.1) is 0 Å². The molecule has 82 valence electrons. The first kappa shape index (κ1) is 11.8. The van der Waals surface area contributed by atoms with Crippen molar-refractivity contribution < 1.29 is 13.6 Å². The minimum Gasteiger partial charge on any atom is -0.295 e. The highest BCUT2D eigenvalue weighted by molar-refractivity contribution is 5.95. The van der Waals surface area contributed by atoms with E-state index in [4.69, 9.17) is 0 Å². The summed E-state index contributed by atoms with van der Waals surface area (Å²) in [6, 6.07) is 2.84. The van der Waals surface area contributed by atoms with E-state index >= 15 is 0 Å². The molecule has 0 heterocycles. The van der Waals surface area contributed by atoms with E-state index in [1.54, 1.807) is 6.92 Å². The smallest absolute Gasteiger partial charge is 0.264 e. The lowest BCUT2D eigenvalue weighted by molar-refractivity contribution is 0.101. The second-order valence-electron chi connectivity index (χ2n) is 3.52. The van der Waals surface area contributed by atoms with Gasteiger partial charge in [-0.15, -0.1) is 0 Å². The molecular formula is C12H14F2O. The van der Waals surface area contributed by atoms with E-state index in [2.05, 4.69) is 0 Å². The molecular weight excluding hydrogens is 198 g/mol. The van der Waals surface area contributed by atoms with E-state index in [-0.39, 0.29) is 11.3 Å². The average molecular weight is 212 g/mol. The lowest BCUT2D eigenvalue weighted by atomic mass is 9.94. The number of rotatable bonds is 3. The topological polar surface area (TPSA) is 17.1 Å². The minimum absolute atomic E-state index is 0.0417. The Morgan fingerprint density at radius 1 is 1.40 bits per heavy atom. The van der Waals surface area contributed by atoms with E-state index in [1.807, 2.05) is 6.92 Å². The van der Waals surface area contributed by atoms with Gasteiger partial charge in [-0.3, -0.25) is 4.79 Å². The number of carbonyl (C=O) groups excluding carboxylic acids is 1. The summed E-state index contributed by atoms with van der Waals surface area (Å²) in [7, 11) is 0. The molecule has 1 aromatic carbocycles. The Morgan fingerprint density at radius 3 is 2.40 bits per heavy atom. The number of Topliss-reactive ketones (excluding diaryl/α,β-unsaturated/α-hetero) is 1. The van der Waals surface area contributed by atoms with Crippen molar-refractivity contribution in [3.8, 4) is 0 Å². The molecule has 0 spiro atoms. The summed E-state index contributed by atoms with van der Waals surface area (Å²) in [5.74, 6) is -0.0805. The Balaban J connectivity index is 3.39. The predicted octanol–water partition coefficient (Wildman–Crippen LogP) is 3.70. The van der Waals surface area contributed by atoms with Crippen LogP contribution in [0.4, 0.5) is 8.78 Å². The number of hydrogen-bond donors (Lipinski definition) is 0. The third kappa shape index (κ3) is 2.22. The molecule has 0 amide bonds. The summed E-state index contributed by atoms with van der Waals surface area (Å²) in [6.45, 7) is 4.99. The van der Waals surface area contributed by atoms with Crippen molar-refractivity contribution in [2.24, 2.45) is 0 Å². The largest absolute Gasteiger partial charge is 0.295 e. The molecule has 1 nitrogen and oxygen atoms in total. The lowest BCUT2D eigenvalue weighted by Crippen LogP contribution is -2.04. The normalized spacial score (nSPS) is 10.8. The first-order chi connectivity index (χ1) is 6.99. The van der Waals surface area contributed by atoms with Crippen LogP contribution in [-0.2, 0) is 6.42 Å². The zero-order valence-corrected chi connectivity index (χ0v) is 9.10. The Bertz CT molecular complexity index is 383. The van der Waals surface area contributed by atoms with E-state index in [1.165, 1.54) is 19.1 Å². The monoisotopic (exact) mass is 212 g/mol. The number of ketones is 1. The van der Waals surface area contributed by atoms with Crippen LogP contribution in [0.1, 0.15) is 47.3 Å². The van der Waals surface area contributed by atoms with Gasteiger partial charge in [0.15, 0.2) is 5.78 Å². The van der Waals surface area contributed by atoms with Gasteiger partial charge in [-0.2, -0.15) is 0 Å². The van der Waals surface area contributed by atoms with E-state index in [9.17, 15) is 13.6 Å². The molecule has 0 unspecified atom stereocenters. The molecule has 1 aromatic rings. The molecule has 1 rings (SSSR count). The fraction of sp³-hybridized carbons (Fsp3) is 0.417. The van der Waals surface area contributed by atoms with Gasteiger partial charge in [0.2, 0.25) is 0 Å². The summed E-state index contributed by atoms with van der Waals surface area (Å²) in [4.78, 5) is 11.2. The number of carbonyl (C=O) groups is 1. The van der Waals surface area contributed by atoms with Crippen molar-refractivity contribution in [3.05, 3.63) is 34.4 Å². The molecule has 3 heteroatoms. The Hall–Kier alpha value is -1.25. The Morgan fingerprint density at radius 2 is 2.00 bits per heavy atom. The van der Waals surface area contributed by atoms with Crippen molar-refractivity contribution in [2.75, 3.05) is 0 Å². The first-order valence-corrected chi connectivity index (χ1v) is 4.90. The summed E-state index contributed by atoms with van der Waals surface area (Å²) < 4.78 is 25.3. The second-order valence-corrected chi connectivity index (χ2v) is 3.52. The molecule has 0 radical (unpaired) electrons. The zero-order chi connectivity index (χ0) is 11.6. The number of halogens is 2. The van der Waals surface area contributed by atoms with Crippen molar-refractivity contribution in [2.45, 2.75) is 33.6 Å². The molecule has 0 aliphatic rings. The van der Waals surface area contributed by atoms with Gasteiger partial charge in [0.25, 0.3) is 6.43 Å². The molecule has 15 heavy (non-hydrogen) atoms. The number of benzene rings is 1. The fourth-order valence-corrected chi connectivity index (χ4v) is 1.83. The molecule has 0 atom stereocenters. The molecule has 0 aromatic heterocycles. The highest BCUT2D eigenvalue weighted by atomic mass is 19.3. The van der Waals surface area contributed by atoms with Gasteiger partial charge in [-0.25, -0.2) is 8.78 Å². The maximum absolute atomic E-state index is 12.6. The highest BCUT2D eigenvalue weighted by Crippen LogP contribution is 2.27. The van der Waals surface area contributed by atoms with Crippen LogP contribution in [0, 0.1) is 6.92 Å². The van der Waals surface area contributed by atoms with E-state index in [0.717, 1.165) is 0 Å². The standard InChI is InChI=1S/C12H14F2O/c1-4-9-7(2)10(8(3)15)5-6-11(9)12(13)14/h5-6,12H,4H2,1-3H3. The average Bonchev–Trinajstić information content (AvgIpc) is 2.16. The van der Waals surface area contributed by atoms with Crippen LogP contribution in [0.15, 0.2) is 12.1 Å². The summed E-state index contributed by atoms with van der Waals surface area (Å²) in [5.41, 5.74) is 1.86. The summed E-state index contributed by atoms with van der Waals surface area (Å²) in [6.07, 6.45) is -1.95. The molecule has 0 bridgehead atoms. The first-order valence-electron chi connectivity index (χ1n) is 4.90. The molecule has 0 N–H and O–H groups in total. The van der Waals surface area contributed by atoms with Gasteiger partial charge < -0.3 is 0 Å².